The first-order chi connectivity index (χ1) is 13.4. The molecule has 126 valence electrons. The third kappa shape index (κ3) is 2.09. The lowest BCUT2D eigenvalue weighted by Gasteiger charge is -2.07. The van der Waals surface area contributed by atoms with E-state index in [1.54, 1.807) is 0 Å². The number of aromatic amines is 1. The molecule has 0 bridgehead atoms. The average Bonchev–Trinajstić information content (AvgIpc) is 3.12. The zero-order chi connectivity index (χ0) is 17.8. The maximum Gasteiger partial charge on any atom is 0.0943 e. The first-order valence-corrected chi connectivity index (χ1v) is 9.02. The summed E-state index contributed by atoms with van der Waals surface area (Å²) < 4.78 is 0. The van der Waals surface area contributed by atoms with Crippen LogP contribution in [0.1, 0.15) is 0 Å². The van der Waals surface area contributed by atoms with Gasteiger partial charge in [-0.1, -0.05) is 48.5 Å². The zero-order valence-electron chi connectivity index (χ0n) is 14.5. The van der Waals surface area contributed by atoms with Crippen LogP contribution in [0.4, 0.5) is 0 Å². The number of hydrogen-bond acceptors (Lipinski definition) is 2. The van der Waals surface area contributed by atoms with Gasteiger partial charge in [0.05, 0.1) is 16.7 Å². The Morgan fingerprint density at radius 1 is 0.667 bits per heavy atom. The second-order valence-electron chi connectivity index (χ2n) is 6.83. The molecule has 0 radical (unpaired) electrons. The molecule has 0 saturated carbocycles. The van der Waals surface area contributed by atoms with Crippen LogP contribution >= 0.6 is 0 Å². The van der Waals surface area contributed by atoms with Crippen molar-refractivity contribution in [3.8, 4) is 11.3 Å². The van der Waals surface area contributed by atoms with Crippen LogP contribution in [0.5, 0.6) is 0 Å². The van der Waals surface area contributed by atoms with Crippen molar-refractivity contribution in [3.63, 3.8) is 0 Å². The SMILES string of the molecule is c1ccc2c(c1)cnc1ccc(-c3nccc4c3[nH]c3ccccc34)cc12. The number of rotatable bonds is 1. The predicted octanol–water partition coefficient (Wildman–Crippen LogP) is 6.08. The normalized spacial score (nSPS) is 11.7. The van der Waals surface area contributed by atoms with E-state index in [2.05, 4.69) is 76.7 Å². The van der Waals surface area contributed by atoms with E-state index in [1.165, 1.54) is 16.2 Å². The lowest BCUT2D eigenvalue weighted by Crippen LogP contribution is -1.87. The van der Waals surface area contributed by atoms with E-state index in [-0.39, 0.29) is 0 Å². The lowest BCUT2D eigenvalue weighted by atomic mass is 10.0. The first kappa shape index (κ1) is 14.4. The summed E-state index contributed by atoms with van der Waals surface area (Å²) in [6.07, 6.45) is 3.83. The Morgan fingerprint density at radius 3 is 2.48 bits per heavy atom. The smallest absolute Gasteiger partial charge is 0.0943 e. The largest absolute Gasteiger partial charge is 0.353 e. The first-order valence-electron chi connectivity index (χ1n) is 9.02. The number of hydrogen-bond donors (Lipinski definition) is 1. The zero-order valence-corrected chi connectivity index (χ0v) is 14.5. The number of H-pyrrole nitrogens is 1. The van der Waals surface area contributed by atoms with Crippen molar-refractivity contribution >= 4 is 43.5 Å². The minimum Gasteiger partial charge on any atom is -0.353 e. The molecule has 27 heavy (non-hydrogen) atoms. The Balaban J connectivity index is 1.69. The van der Waals surface area contributed by atoms with Crippen molar-refractivity contribution < 1.29 is 0 Å². The van der Waals surface area contributed by atoms with Gasteiger partial charge in [0.1, 0.15) is 0 Å². The number of nitrogens with zero attached hydrogens (tertiary/aromatic N) is 2. The molecule has 1 N–H and O–H groups in total. The van der Waals surface area contributed by atoms with E-state index in [9.17, 15) is 0 Å². The monoisotopic (exact) mass is 345 g/mol. The average molecular weight is 345 g/mol. The van der Waals surface area contributed by atoms with Gasteiger partial charge >= 0.3 is 0 Å². The van der Waals surface area contributed by atoms with Gasteiger partial charge in [-0.3, -0.25) is 9.97 Å². The second-order valence-corrected chi connectivity index (χ2v) is 6.83. The Kier molecular flexibility index (Phi) is 2.88. The number of benzene rings is 3. The van der Waals surface area contributed by atoms with Gasteiger partial charge in [0.15, 0.2) is 0 Å². The molecule has 0 saturated heterocycles. The number of aromatic nitrogens is 3. The summed E-state index contributed by atoms with van der Waals surface area (Å²) in [5.41, 5.74) is 5.28. The highest BCUT2D eigenvalue weighted by Gasteiger charge is 2.12. The lowest BCUT2D eigenvalue weighted by molar-refractivity contribution is 1.34. The van der Waals surface area contributed by atoms with Gasteiger partial charge in [0.25, 0.3) is 0 Å². The van der Waals surface area contributed by atoms with Crippen LogP contribution in [-0.2, 0) is 0 Å². The van der Waals surface area contributed by atoms with Gasteiger partial charge in [-0.05, 0) is 29.7 Å². The molecule has 0 aliphatic carbocycles. The summed E-state index contributed by atoms with van der Waals surface area (Å²) in [6, 6.07) is 25.2. The number of para-hydroxylation sites is 1. The Hall–Kier alpha value is -3.72. The molecule has 6 aromatic rings. The van der Waals surface area contributed by atoms with Gasteiger partial charge in [-0.2, -0.15) is 0 Å². The molecule has 0 atom stereocenters. The van der Waals surface area contributed by atoms with Crippen LogP contribution in [0.25, 0.3) is 54.7 Å². The highest BCUT2D eigenvalue weighted by atomic mass is 14.8. The van der Waals surface area contributed by atoms with Crippen molar-refractivity contribution in [1.29, 1.82) is 0 Å². The Morgan fingerprint density at radius 2 is 1.52 bits per heavy atom. The standard InChI is InChI=1S/C24H15N3/c1-2-6-17-16(5-1)14-26-21-10-9-15(13-20(17)21)23-24-19(11-12-25-23)18-7-3-4-8-22(18)27-24/h1-14,27H. The summed E-state index contributed by atoms with van der Waals surface area (Å²) in [7, 11) is 0. The maximum absolute atomic E-state index is 4.71. The number of fused-ring (bicyclic) bond motifs is 6. The second kappa shape index (κ2) is 5.39. The van der Waals surface area contributed by atoms with Crippen LogP contribution in [0, 0.1) is 0 Å². The van der Waals surface area contributed by atoms with E-state index in [0.717, 1.165) is 38.6 Å². The molecular weight excluding hydrogens is 330 g/mol. The van der Waals surface area contributed by atoms with Gasteiger partial charge < -0.3 is 4.98 Å². The quantitative estimate of drug-likeness (QED) is 0.367. The van der Waals surface area contributed by atoms with Crippen LogP contribution in [0.2, 0.25) is 0 Å². The van der Waals surface area contributed by atoms with Crippen molar-refractivity contribution in [3.05, 3.63) is 85.2 Å². The summed E-state index contributed by atoms with van der Waals surface area (Å²) in [4.78, 5) is 12.9. The summed E-state index contributed by atoms with van der Waals surface area (Å²) in [6.45, 7) is 0. The molecule has 0 unspecified atom stereocenters. The predicted molar refractivity (Wildman–Crippen MR) is 112 cm³/mol. The third-order valence-corrected chi connectivity index (χ3v) is 5.29. The Labute approximate surface area is 155 Å². The molecule has 0 amide bonds. The van der Waals surface area contributed by atoms with E-state index < -0.39 is 0 Å². The molecule has 3 nitrogen and oxygen atoms in total. The van der Waals surface area contributed by atoms with Crippen LogP contribution in [-0.4, -0.2) is 15.0 Å². The fourth-order valence-corrected chi connectivity index (χ4v) is 4.00. The van der Waals surface area contributed by atoms with E-state index in [0.29, 0.717) is 0 Å². The number of nitrogens with one attached hydrogen (secondary N) is 1. The molecular formula is C24H15N3. The molecule has 0 aliphatic rings. The fourth-order valence-electron chi connectivity index (χ4n) is 4.00. The maximum atomic E-state index is 4.71. The third-order valence-electron chi connectivity index (χ3n) is 5.29. The molecule has 3 heterocycles. The summed E-state index contributed by atoms with van der Waals surface area (Å²) in [5, 5.41) is 5.95. The van der Waals surface area contributed by atoms with Gasteiger partial charge in [0.2, 0.25) is 0 Å². The fraction of sp³-hybridized carbons (Fsp3) is 0. The summed E-state index contributed by atoms with van der Waals surface area (Å²) in [5.74, 6) is 0. The highest BCUT2D eigenvalue weighted by Crippen LogP contribution is 2.33. The van der Waals surface area contributed by atoms with Gasteiger partial charge in [-0.15, -0.1) is 0 Å². The summed E-state index contributed by atoms with van der Waals surface area (Å²) >= 11 is 0. The molecule has 0 fully saturated rings. The van der Waals surface area contributed by atoms with Crippen LogP contribution in [0.15, 0.2) is 85.2 Å². The number of pyridine rings is 2. The van der Waals surface area contributed by atoms with Crippen molar-refractivity contribution in [2.75, 3.05) is 0 Å². The van der Waals surface area contributed by atoms with Crippen LogP contribution < -0.4 is 0 Å². The molecule has 3 aromatic heterocycles. The molecule has 0 aliphatic heterocycles. The minimum absolute atomic E-state index is 0.971. The van der Waals surface area contributed by atoms with E-state index >= 15 is 0 Å². The van der Waals surface area contributed by atoms with Crippen molar-refractivity contribution in [1.82, 2.24) is 15.0 Å². The van der Waals surface area contributed by atoms with Crippen molar-refractivity contribution in [2.24, 2.45) is 0 Å². The van der Waals surface area contributed by atoms with Crippen molar-refractivity contribution in [2.45, 2.75) is 0 Å². The van der Waals surface area contributed by atoms with E-state index in [1.807, 2.05) is 18.5 Å². The minimum atomic E-state index is 0.971. The van der Waals surface area contributed by atoms with Gasteiger partial charge in [-0.25, -0.2) is 0 Å². The molecule has 0 spiro atoms. The Bertz CT molecular complexity index is 1480. The van der Waals surface area contributed by atoms with Gasteiger partial charge in [0, 0.05) is 45.0 Å². The highest BCUT2D eigenvalue weighted by molar-refractivity contribution is 6.12. The molecule has 3 aromatic carbocycles. The molecule has 3 heteroatoms. The van der Waals surface area contributed by atoms with E-state index in [4.69, 9.17) is 4.98 Å². The molecule has 6 rings (SSSR count). The van der Waals surface area contributed by atoms with Crippen LogP contribution in [0.3, 0.4) is 0 Å². The topological polar surface area (TPSA) is 41.6 Å².